The van der Waals surface area contributed by atoms with E-state index in [4.69, 9.17) is 18.5 Å². The molecular weight excluding hydrogens is 1090 g/mol. The van der Waals surface area contributed by atoms with Crippen molar-refractivity contribution in [2.75, 3.05) is 47.5 Å². The van der Waals surface area contributed by atoms with E-state index in [0.717, 1.165) is 64.2 Å². The molecule has 2 atom stereocenters. The van der Waals surface area contributed by atoms with E-state index in [9.17, 15) is 19.0 Å². The Morgan fingerprint density at radius 3 is 1.03 bits per heavy atom. The van der Waals surface area contributed by atoms with Crippen molar-refractivity contribution in [2.45, 2.75) is 328 Å². The number of esters is 2. The lowest BCUT2D eigenvalue weighted by atomic mass is 10.0. The Morgan fingerprint density at radius 1 is 0.372 bits per heavy atom. The van der Waals surface area contributed by atoms with E-state index in [1.165, 1.54) is 218 Å². The van der Waals surface area contributed by atoms with Crippen molar-refractivity contribution in [1.82, 2.24) is 0 Å². The number of hydrogen-bond acceptors (Lipinski definition) is 8. The van der Waals surface area contributed by atoms with Crippen molar-refractivity contribution in [1.29, 1.82) is 0 Å². The number of rotatable bonds is 66. The van der Waals surface area contributed by atoms with Crippen LogP contribution in [0, 0.1) is 0 Å². The van der Waals surface area contributed by atoms with Crippen LogP contribution < -0.4 is 4.89 Å². The molecule has 0 aromatic rings. The van der Waals surface area contributed by atoms with Crippen molar-refractivity contribution in [3.63, 3.8) is 0 Å². The summed E-state index contributed by atoms with van der Waals surface area (Å²) in [6.07, 6.45) is 92.5. The number of carbonyl (C=O) groups is 2. The predicted molar refractivity (Wildman–Crippen MR) is 369 cm³/mol. The molecule has 0 heterocycles. The van der Waals surface area contributed by atoms with E-state index >= 15 is 0 Å². The Balaban J connectivity index is 3.99. The van der Waals surface area contributed by atoms with Gasteiger partial charge in [0.05, 0.1) is 27.7 Å². The van der Waals surface area contributed by atoms with Crippen LogP contribution in [0.4, 0.5) is 0 Å². The number of likely N-dealkylation sites (N-methyl/N-ethyl adjacent to an activating group) is 1. The minimum absolute atomic E-state index is 0.0452. The summed E-state index contributed by atoms with van der Waals surface area (Å²) in [6, 6.07) is 0. The zero-order valence-corrected chi connectivity index (χ0v) is 57.6. The van der Waals surface area contributed by atoms with Gasteiger partial charge in [0.25, 0.3) is 7.82 Å². The Bertz CT molecular complexity index is 1770. The molecule has 0 rings (SSSR count). The molecule has 0 bridgehead atoms. The molecular formula is C76H136NO8P. The molecule has 0 fully saturated rings. The van der Waals surface area contributed by atoms with Gasteiger partial charge in [-0.15, -0.1) is 0 Å². The summed E-state index contributed by atoms with van der Waals surface area (Å²) in [5.74, 6) is -0.897. The third kappa shape index (κ3) is 70.0. The van der Waals surface area contributed by atoms with Crippen LogP contribution >= 0.6 is 7.82 Å². The number of phosphoric acid groups is 1. The summed E-state index contributed by atoms with van der Waals surface area (Å²) in [5.41, 5.74) is 0. The van der Waals surface area contributed by atoms with Crippen LogP contribution in [0.15, 0.2) is 97.2 Å². The Kier molecular flexibility index (Phi) is 64.0. The van der Waals surface area contributed by atoms with Gasteiger partial charge in [0.15, 0.2) is 6.10 Å². The van der Waals surface area contributed by atoms with Gasteiger partial charge in [-0.1, -0.05) is 317 Å². The quantitative estimate of drug-likeness (QED) is 0.0195. The zero-order chi connectivity index (χ0) is 62.6. The second kappa shape index (κ2) is 66.4. The first kappa shape index (κ1) is 82.9. The number of quaternary nitrogens is 1. The molecule has 9 nitrogen and oxygen atoms in total. The highest BCUT2D eigenvalue weighted by atomic mass is 31.2. The van der Waals surface area contributed by atoms with Gasteiger partial charge in [-0.3, -0.25) is 14.2 Å². The third-order valence-electron chi connectivity index (χ3n) is 15.6. The van der Waals surface area contributed by atoms with Gasteiger partial charge in [-0.25, -0.2) is 0 Å². The molecule has 10 heteroatoms. The molecule has 0 saturated heterocycles. The van der Waals surface area contributed by atoms with Crippen molar-refractivity contribution < 1.29 is 42.1 Å². The van der Waals surface area contributed by atoms with Crippen molar-refractivity contribution in [3.05, 3.63) is 97.2 Å². The molecule has 0 aromatic carbocycles. The van der Waals surface area contributed by atoms with E-state index < -0.39 is 32.5 Å². The molecule has 0 aromatic heterocycles. The summed E-state index contributed by atoms with van der Waals surface area (Å²) < 4.78 is 34.2. The van der Waals surface area contributed by atoms with Crippen LogP contribution in [-0.2, 0) is 32.7 Å². The monoisotopic (exact) mass is 1220 g/mol. The molecule has 0 N–H and O–H groups in total. The Hall–Kier alpha value is -3.07. The van der Waals surface area contributed by atoms with Crippen LogP contribution in [0.3, 0.4) is 0 Å². The molecule has 0 radical (unpaired) electrons. The number of phosphoric ester groups is 1. The Labute approximate surface area is 532 Å². The fourth-order valence-electron chi connectivity index (χ4n) is 10.1. The summed E-state index contributed by atoms with van der Waals surface area (Å²) >= 11 is 0. The summed E-state index contributed by atoms with van der Waals surface area (Å²) in [5, 5.41) is 0. The SMILES string of the molecule is CC/C=C\C/C=C\C/C=C\C/C=C\C/C=C\C/C=C\C/C=C\CCCC(=O)OC(COC(=O)CCCCCCCCCCCCCCCCCCCCCCCCCCCCC/C=C\CCCCCCCCCC)COP(=O)([O-])OCC[N+](C)(C)C. The smallest absolute Gasteiger partial charge is 0.306 e. The second-order valence-electron chi connectivity index (χ2n) is 25.2. The fourth-order valence-corrected chi connectivity index (χ4v) is 10.8. The van der Waals surface area contributed by atoms with E-state index in [0.29, 0.717) is 23.9 Å². The molecule has 0 aliphatic carbocycles. The topological polar surface area (TPSA) is 111 Å². The largest absolute Gasteiger partial charge is 0.756 e. The first-order chi connectivity index (χ1) is 42.0. The predicted octanol–water partition coefficient (Wildman–Crippen LogP) is 22.9. The number of unbranched alkanes of at least 4 members (excludes halogenated alkanes) is 36. The van der Waals surface area contributed by atoms with Crippen molar-refractivity contribution in [3.8, 4) is 0 Å². The molecule has 0 amide bonds. The van der Waals surface area contributed by atoms with Gasteiger partial charge < -0.3 is 27.9 Å². The fraction of sp³-hybridized carbons (Fsp3) is 0.763. The molecule has 0 aliphatic heterocycles. The highest BCUT2D eigenvalue weighted by molar-refractivity contribution is 7.45. The summed E-state index contributed by atoms with van der Waals surface area (Å²) in [4.78, 5) is 38.0. The van der Waals surface area contributed by atoms with Gasteiger partial charge in [0.2, 0.25) is 0 Å². The van der Waals surface area contributed by atoms with E-state index in [-0.39, 0.29) is 26.1 Å². The van der Waals surface area contributed by atoms with E-state index in [1.807, 2.05) is 27.2 Å². The maximum absolute atomic E-state index is 12.8. The first-order valence-electron chi connectivity index (χ1n) is 35.9. The zero-order valence-electron chi connectivity index (χ0n) is 56.7. The van der Waals surface area contributed by atoms with Gasteiger partial charge in [-0.05, 0) is 89.9 Å². The Morgan fingerprint density at radius 2 is 0.674 bits per heavy atom. The standard InChI is InChI=1S/C76H136NO8P/c1-6-8-10-12-14-16-18-20-22-24-26-28-30-31-32-33-34-35-36-37-38-39-40-41-42-43-44-45-47-48-50-52-54-56-58-60-62-64-66-68-75(78)82-72-74(73-84-86(80,81)83-71-70-77(3,4)5)85-76(79)69-67-65-63-61-59-57-55-53-51-49-46-29-27-25-23-21-19-17-15-13-11-9-7-2/h9,11,15,17,21,23-24,26-27,29,49,51,55,57,61,63,74H,6-8,10,12-14,16,18-20,22,25,28,30-48,50,52-54,56,58-60,62,64-73H2,1-5H3/b11-9-,17-15-,23-21-,26-24-,29-27-,51-49-,57-55-,63-61-. The molecule has 498 valence electrons. The van der Waals surface area contributed by atoms with E-state index in [1.54, 1.807) is 0 Å². The van der Waals surface area contributed by atoms with Crippen molar-refractivity contribution >= 4 is 19.8 Å². The van der Waals surface area contributed by atoms with Crippen LogP contribution in [0.5, 0.6) is 0 Å². The third-order valence-corrected chi connectivity index (χ3v) is 16.6. The van der Waals surface area contributed by atoms with Gasteiger partial charge >= 0.3 is 11.9 Å². The van der Waals surface area contributed by atoms with Crippen molar-refractivity contribution in [2.24, 2.45) is 0 Å². The number of hydrogen-bond donors (Lipinski definition) is 0. The summed E-state index contributed by atoms with van der Waals surface area (Å²) in [6.45, 7) is 4.08. The molecule has 2 unspecified atom stereocenters. The van der Waals surface area contributed by atoms with Crippen LogP contribution in [0.25, 0.3) is 0 Å². The number of carbonyl (C=O) groups excluding carboxylic acids is 2. The van der Waals surface area contributed by atoms with E-state index in [2.05, 4.69) is 105 Å². The second-order valence-corrected chi connectivity index (χ2v) is 26.6. The minimum atomic E-state index is -4.66. The molecule has 0 saturated carbocycles. The minimum Gasteiger partial charge on any atom is -0.756 e. The highest BCUT2D eigenvalue weighted by Crippen LogP contribution is 2.38. The van der Waals surface area contributed by atoms with Crippen LogP contribution in [0.2, 0.25) is 0 Å². The molecule has 0 spiro atoms. The van der Waals surface area contributed by atoms with Crippen LogP contribution in [-0.4, -0.2) is 70.0 Å². The normalized spacial score (nSPS) is 13.7. The van der Waals surface area contributed by atoms with Gasteiger partial charge in [0.1, 0.15) is 19.8 Å². The average Bonchev–Trinajstić information content (AvgIpc) is 3.56. The maximum Gasteiger partial charge on any atom is 0.306 e. The van der Waals surface area contributed by atoms with Gasteiger partial charge in [0, 0.05) is 12.8 Å². The maximum atomic E-state index is 12.8. The van der Waals surface area contributed by atoms with Gasteiger partial charge in [-0.2, -0.15) is 0 Å². The highest BCUT2D eigenvalue weighted by Gasteiger charge is 2.22. The molecule has 0 aliphatic rings. The number of nitrogens with zero attached hydrogens (tertiary/aromatic N) is 1. The lowest BCUT2D eigenvalue weighted by Crippen LogP contribution is -2.37. The lowest BCUT2D eigenvalue weighted by molar-refractivity contribution is -0.870. The lowest BCUT2D eigenvalue weighted by Gasteiger charge is -2.28. The average molecular weight is 1220 g/mol. The first-order valence-corrected chi connectivity index (χ1v) is 37.4. The molecule has 86 heavy (non-hydrogen) atoms. The summed E-state index contributed by atoms with van der Waals surface area (Å²) in [7, 11) is 1.13. The van der Waals surface area contributed by atoms with Crippen LogP contribution in [0.1, 0.15) is 322 Å². The number of ether oxygens (including phenoxy) is 2. The number of allylic oxidation sites excluding steroid dienone is 16.